The number of methoxy groups -OCH3 is 1. The maximum absolute atomic E-state index is 12.1. The summed E-state index contributed by atoms with van der Waals surface area (Å²) in [5.74, 6) is -0.196. The molecule has 1 N–H and O–H groups in total. The number of rotatable bonds is 3. The Bertz CT molecular complexity index is 465. The maximum atomic E-state index is 12.1. The van der Waals surface area contributed by atoms with E-state index >= 15 is 0 Å². The number of hydrogen-bond donors (Lipinski definition) is 1. The van der Waals surface area contributed by atoms with Crippen LogP contribution in [0.4, 0.5) is 0 Å². The van der Waals surface area contributed by atoms with E-state index in [0.717, 1.165) is 0 Å². The minimum Gasteiger partial charge on any atom is -0.382 e. The van der Waals surface area contributed by atoms with Crippen LogP contribution in [0.1, 0.15) is 10.4 Å². The number of benzene rings is 1. The Morgan fingerprint density at radius 3 is 2.95 bits per heavy atom. The van der Waals surface area contributed by atoms with Crippen LogP contribution in [0.15, 0.2) is 30.3 Å². The molecule has 1 aliphatic heterocycles. The van der Waals surface area contributed by atoms with Gasteiger partial charge in [0.15, 0.2) is 5.11 Å². The molecular formula is C14H18N2O3S. The Kier molecular flexibility index (Phi) is 5.46. The average Bonchev–Trinajstić information content (AvgIpc) is 2.49. The lowest BCUT2D eigenvalue weighted by Crippen LogP contribution is -2.55. The van der Waals surface area contributed by atoms with Crippen LogP contribution in [0.25, 0.3) is 0 Å². The zero-order valence-electron chi connectivity index (χ0n) is 11.4. The van der Waals surface area contributed by atoms with Crippen molar-refractivity contribution < 1.29 is 14.3 Å². The van der Waals surface area contributed by atoms with Gasteiger partial charge in [-0.3, -0.25) is 10.1 Å². The van der Waals surface area contributed by atoms with E-state index in [4.69, 9.17) is 21.7 Å². The molecule has 0 aliphatic carbocycles. The molecule has 0 radical (unpaired) electrons. The van der Waals surface area contributed by atoms with E-state index in [9.17, 15) is 4.79 Å². The summed E-state index contributed by atoms with van der Waals surface area (Å²) in [5, 5.41) is 3.18. The summed E-state index contributed by atoms with van der Waals surface area (Å²) in [6.45, 7) is 2.32. The lowest BCUT2D eigenvalue weighted by atomic mass is 10.2. The van der Waals surface area contributed by atoms with E-state index in [0.29, 0.717) is 37.0 Å². The highest BCUT2D eigenvalue weighted by Gasteiger charge is 2.26. The molecule has 20 heavy (non-hydrogen) atoms. The van der Waals surface area contributed by atoms with Crippen molar-refractivity contribution in [1.82, 2.24) is 10.2 Å². The van der Waals surface area contributed by atoms with Gasteiger partial charge in [-0.25, -0.2) is 0 Å². The monoisotopic (exact) mass is 294 g/mol. The fraction of sp³-hybridized carbons (Fsp3) is 0.429. The quantitative estimate of drug-likeness (QED) is 0.845. The number of morpholine rings is 1. The minimum atomic E-state index is -0.196. The first-order chi connectivity index (χ1) is 9.72. The molecule has 5 nitrogen and oxygen atoms in total. The first-order valence-corrected chi connectivity index (χ1v) is 6.87. The second kappa shape index (κ2) is 7.33. The normalized spacial score (nSPS) is 18.6. The third-order valence-corrected chi connectivity index (χ3v) is 3.44. The summed E-state index contributed by atoms with van der Waals surface area (Å²) in [5.41, 5.74) is 0.589. The fourth-order valence-electron chi connectivity index (χ4n) is 2.08. The predicted octanol–water partition coefficient (Wildman–Crippen LogP) is 1.05. The van der Waals surface area contributed by atoms with E-state index in [1.807, 2.05) is 23.1 Å². The molecule has 0 aromatic heterocycles. The smallest absolute Gasteiger partial charge is 0.257 e. The van der Waals surface area contributed by atoms with Crippen molar-refractivity contribution in [3.05, 3.63) is 35.9 Å². The number of carbonyl (C=O) groups excluding carboxylic acids is 1. The van der Waals surface area contributed by atoms with Crippen LogP contribution in [0.2, 0.25) is 0 Å². The maximum Gasteiger partial charge on any atom is 0.257 e. The van der Waals surface area contributed by atoms with Crippen LogP contribution >= 0.6 is 12.2 Å². The summed E-state index contributed by atoms with van der Waals surface area (Å²) in [6.07, 6.45) is 0. The third-order valence-electron chi connectivity index (χ3n) is 3.10. The lowest BCUT2D eigenvalue weighted by Gasteiger charge is -2.36. The Morgan fingerprint density at radius 1 is 1.50 bits per heavy atom. The van der Waals surface area contributed by atoms with Gasteiger partial charge in [0.2, 0.25) is 0 Å². The van der Waals surface area contributed by atoms with Gasteiger partial charge in [-0.1, -0.05) is 18.2 Å². The average molecular weight is 294 g/mol. The molecule has 0 bridgehead atoms. The number of ether oxygens (including phenoxy) is 2. The minimum absolute atomic E-state index is 0.0392. The Morgan fingerprint density at radius 2 is 2.25 bits per heavy atom. The van der Waals surface area contributed by atoms with E-state index in [1.165, 1.54) is 0 Å². The van der Waals surface area contributed by atoms with Crippen LogP contribution < -0.4 is 5.32 Å². The molecule has 1 atom stereocenters. The fourth-order valence-corrected chi connectivity index (χ4v) is 2.42. The van der Waals surface area contributed by atoms with Gasteiger partial charge >= 0.3 is 0 Å². The van der Waals surface area contributed by atoms with E-state index in [-0.39, 0.29) is 11.9 Å². The van der Waals surface area contributed by atoms with Gasteiger partial charge in [0.05, 0.1) is 25.9 Å². The molecule has 0 saturated carbocycles. The summed E-state index contributed by atoms with van der Waals surface area (Å²) in [6, 6.07) is 9.05. The van der Waals surface area contributed by atoms with Gasteiger partial charge in [-0.2, -0.15) is 0 Å². The first-order valence-electron chi connectivity index (χ1n) is 6.46. The number of carbonyl (C=O) groups is 1. The van der Waals surface area contributed by atoms with Gasteiger partial charge in [-0.05, 0) is 24.4 Å². The number of nitrogens with zero attached hydrogens (tertiary/aromatic N) is 1. The van der Waals surface area contributed by atoms with Crippen molar-refractivity contribution in [2.24, 2.45) is 0 Å². The van der Waals surface area contributed by atoms with Gasteiger partial charge in [-0.15, -0.1) is 0 Å². The summed E-state index contributed by atoms with van der Waals surface area (Å²) in [4.78, 5) is 14.0. The zero-order chi connectivity index (χ0) is 14.4. The second-order valence-corrected chi connectivity index (χ2v) is 4.89. The van der Waals surface area contributed by atoms with Crippen LogP contribution in [0, 0.1) is 0 Å². The van der Waals surface area contributed by atoms with Crippen molar-refractivity contribution >= 4 is 23.2 Å². The molecule has 108 valence electrons. The SMILES string of the molecule is COC[C@H]1COCCN1C(=S)NC(=O)c1ccccc1. The number of thiocarbonyl (C=S) groups is 1. The van der Waals surface area contributed by atoms with Crippen LogP contribution in [0.3, 0.4) is 0 Å². The van der Waals surface area contributed by atoms with Crippen molar-refractivity contribution in [2.45, 2.75) is 6.04 Å². The van der Waals surface area contributed by atoms with Gasteiger partial charge in [0.1, 0.15) is 0 Å². The van der Waals surface area contributed by atoms with E-state index in [1.54, 1.807) is 19.2 Å². The number of nitrogens with one attached hydrogen (secondary N) is 1. The molecule has 0 spiro atoms. The van der Waals surface area contributed by atoms with Gasteiger partial charge in [0, 0.05) is 19.2 Å². The topological polar surface area (TPSA) is 50.8 Å². The van der Waals surface area contributed by atoms with E-state index in [2.05, 4.69) is 5.32 Å². The summed E-state index contributed by atoms with van der Waals surface area (Å²) < 4.78 is 10.6. The highest BCUT2D eigenvalue weighted by atomic mass is 32.1. The predicted molar refractivity (Wildman–Crippen MR) is 79.7 cm³/mol. The highest BCUT2D eigenvalue weighted by molar-refractivity contribution is 7.80. The molecule has 1 heterocycles. The molecule has 2 rings (SSSR count). The Hall–Kier alpha value is -1.50. The first kappa shape index (κ1) is 14.9. The zero-order valence-corrected chi connectivity index (χ0v) is 12.2. The van der Waals surface area contributed by atoms with Crippen LogP contribution in [-0.4, -0.2) is 55.4 Å². The Balaban J connectivity index is 1.98. The van der Waals surface area contributed by atoms with Crippen LogP contribution in [-0.2, 0) is 9.47 Å². The largest absolute Gasteiger partial charge is 0.382 e. The molecule has 1 aromatic rings. The van der Waals surface area contributed by atoms with E-state index < -0.39 is 0 Å². The van der Waals surface area contributed by atoms with Gasteiger partial charge < -0.3 is 14.4 Å². The molecule has 0 unspecified atom stereocenters. The number of amides is 1. The standard InChI is InChI=1S/C14H18N2O3S/c1-18-9-12-10-19-8-7-16(12)14(20)15-13(17)11-5-3-2-4-6-11/h2-6,12H,7-10H2,1H3,(H,15,17,20)/t12-/m0/s1. The van der Waals surface area contributed by atoms with Crippen molar-refractivity contribution in [1.29, 1.82) is 0 Å². The van der Waals surface area contributed by atoms with Crippen LogP contribution in [0.5, 0.6) is 0 Å². The number of hydrogen-bond acceptors (Lipinski definition) is 4. The summed E-state index contributed by atoms with van der Waals surface area (Å²) >= 11 is 5.32. The molecular weight excluding hydrogens is 276 g/mol. The van der Waals surface area contributed by atoms with Crippen molar-refractivity contribution in [3.63, 3.8) is 0 Å². The molecule has 1 fully saturated rings. The summed E-state index contributed by atoms with van der Waals surface area (Å²) in [7, 11) is 1.64. The molecule has 1 aliphatic rings. The third kappa shape index (κ3) is 3.75. The van der Waals surface area contributed by atoms with Gasteiger partial charge in [0.25, 0.3) is 5.91 Å². The molecule has 1 aromatic carbocycles. The van der Waals surface area contributed by atoms with Crippen molar-refractivity contribution in [2.75, 3.05) is 33.5 Å². The highest BCUT2D eigenvalue weighted by Crippen LogP contribution is 2.08. The molecule has 1 amide bonds. The van der Waals surface area contributed by atoms with Crippen molar-refractivity contribution in [3.8, 4) is 0 Å². The lowest BCUT2D eigenvalue weighted by molar-refractivity contribution is -0.00471. The molecule has 6 heteroatoms. The second-order valence-electron chi connectivity index (χ2n) is 4.50. The molecule has 1 saturated heterocycles. The Labute approximate surface area is 123 Å².